The third kappa shape index (κ3) is 4.21. The van der Waals surface area contributed by atoms with Crippen LogP contribution in [0.25, 0.3) is 34.0 Å². The average molecular weight is 500 g/mol. The first-order valence-corrected chi connectivity index (χ1v) is 12.7. The van der Waals surface area contributed by atoms with Crippen molar-refractivity contribution in [1.29, 1.82) is 0 Å². The normalized spacial score (nSPS) is 20.7. The molecular weight excluding hydrogens is 474 g/mol. The molecule has 0 amide bonds. The van der Waals surface area contributed by atoms with E-state index in [-0.39, 0.29) is 18.0 Å². The van der Waals surface area contributed by atoms with Gasteiger partial charge in [-0.05, 0) is 79.1 Å². The molecule has 36 heavy (non-hydrogen) atoms. The van der Waals surface area contributed by atoms with E-state index >= 15 is 0 Å². The maximum absolute atomic E-state index is 11.1. The monoisotopic (exact) mass is 499 g/mol. The van der Waals surface area contributed by atoms with Crippen molar-refractivity contribution in [3.8, 4) is 34.0 Å². The van der Waals surface area contributed by atoms with Crippen molar-refractivity contribution in [2.75, 3.05) is 0 Å². The summed E-state index contributed by atoms with van der Waals surface area (Å²) in [6.45, 7) is 2.05. The minimum absolute atomic E-state index is 0.200. The Hall–Kier alpha value is -3.48. The molecule has 182 valence electrons. The molecule has 1 fully saturated rings. The summed E-state index contributed by atoms with van der Waals surface area (Å²) in [7, 11) is 0. The summed E-state index contributed by atoms with van der Waals surface area (Å²) in [5.41, 5.74) is 7.52. The lowest BCUT2D eigenvalue weighted by molar-refractivity contribution is -0.145. The molecule has 1 aromatic heterocycles. The zero-order chi connectivity index (χ0) is 24.8. The second-order valence-electron chi connectivity index (χ2n) is 9.81. The van der Waals surface area contributed by atoms with E-state index in [1.807, 2.05) is 48.5 Å². The van der Waals surface area contributed by atoms with Gasteiger partial charge in [0, 0.05) is 33.8 Å². The van der Waals surface area contributed by atoms with Gasteiger partial charge in [0.15, 0.2) is 0 Å². The van der Waals surface area contributed by atoms with Gasteiger partial charge < -0.3 is 14.9 Å². The van der Waals surface area contributed by atoms with Crippen molar-refractivity contribution in [3.05, 3.63) is 82.4 Å². The number of rotatable bonds is 6. The lowest BCUT2D eigenvalue weighted by Crippen LogP contribution is -2.45. The molecular formula is C29H26ClN3O3. The van der Waals surface area contributed by atoms with Crippen molar-refractivity contribution < 1.29 is 14.4 Å². The topological polar surface area (TPSA) is 88.2 Å². The number of hydrogen-bond acceptors (Lipinski definition) is 5. The van der Waals surface area contributed by atoms with Crippen LogP contribution in [0.2, 0.25) is 5.02 Å². The van der Waals surface area contributed by atoms with Gasteiger partial charge in [-0.3, -0.25) is 4.79 Å². The van der Waals surface area contributed by atoms with E-state index in [1.54, 1.807) is 0 Å². The first-order valence-electron chi connectivity index (χ1n) is 12.3. The van der Waals surface area contributed by atoms with Crippen molar-refractivity contribution in [1.82, 2.24) is 15.5 Å². The Kier molecular flexibility index (Phi) is 5.86. The minimum atomic E-state index is -0.685. The van der Waals surface area contributed by atoms with Gasteiger partial charge in [0.05, 0.1) is 5.92 Å². The van der Waals surface area contributed by atoms with E-state index in [0.717, 1.165) is 45.7 Å². The summed E-state index contributed by atoms with van der Waals surface area (Å²) in [6.07, 6.45) is 3.42. The molecule has 0 radical (unpaired) electrons. The zero-order valence-electron chi connectivity index (χ0n) is 19.9. The van der Waals surface area contributed by atoms with Gasteiger partial charge in [-0.1, -0.05) is 53.2 Å². The molecule has 0 bridgehead atoms. The Morgan fingerprint density at radius 2 is 1.86 bits per heavy atom. The van der Waals surface area contributed by atoms with E-state index in [9.17, 15) is 4.79 Å². The van der Waals surface area contributed by atoms with E-state index in [2.05, 4.69) is 34.5 Å². The number of fused-ring (bicyclic) bond motifs is 1. The van der Waals surface area contributed by atoms with Crippen LogP contribution < -0.4 is 5.32 Å². The highest BCUT2D eigenvalue weighted by Gasteiger charge is 2.36. The summed E-state index contributed by atoms with van der Waals surface area (Å²) < 4.78 is 5.63. The number of nitrogens with one attached hydrogen (secondary N) is 1. The van der Waals surface area contributed by atoms with E-state index in [4.69, 9.17) is 21.2 Å². The van der Waals surface area contributed by atoms with Crippen LogP contribution in [-0.2, 0) is 11.2 Å². The van der Waals surface area contributed by atoms with Gasteiger partial charge in [0.25, 0.3) is 5.89 Å². The molecule has 0 spiro atoms. The predicted octanol–water partition coefficient (Wildman–Crippen LogP) is 6.47. The fraction of sp³-hybridized carbons (Fsp3) is 0.276. The Labute approximate surface area is 214 Å². The quantitative estimate of drug-likeness (QED) is 0.316. The van der Waals surface area contributed by atoms with Crippen molar-refractivity contribution in [2.45, 2.75) is 44.7 Å². The van der Waals surface area contributed by atoms with Gasteiger partial charge in [-0.25, -0.2) is 0 Å². The Balaban J connectivity index is 1.19. The lowest BCUT2D eigenvalue weighted by Gasteiger charge is -2.35. The van der Waals surface area contributed by atoms with Crippen molar-refractivity contribution >= 4 is 17.6 Å². The molecule has 2 aliphatic carbocycles. The first kappa shape index (κ1) is 23.0. The third-order valence-electron chi connectivity index (χ3n) is 7.47. The second kappa shape index (κ2) is 9.19. The summed E-state index contributed by atoms with van der Waals surface area (Å²) in [5.74, 6) is 0.169. The van der Waals surface area contributed by atoms with Gasteiger partial charge in [-0.15, -0.1) is 0 Å². The minimum Gasteiger partial charge on any atom is -0.481 e. The molecule has 1 saturated carbocycles. The zero-order valence-corrected chi connectivity index (χ0v) is 20.6. The summed E-state index contributed by atoms with van der Waals surface area (Å²) in [6, 6.07) is 20.8. The van der Waals surface area contributed by atoms with Gasteiger partial charge >= 0.3 is 5.97 Å². The summed E-state index contributed by atoms with van der Waals surface area (Å²) >= 11 is 6.39. The van der Waals surface area contributed by atoms with Crippen LogP contribution in [-0.4, -0.2) is 27.3 Å². The molecule has 0 saturated heterocycles. The Bertz CT molecular complexity index is 1460. The maximum Gasteiger partial charge on any atom is 0.306 e. The predicted molar refractivity (Wildman–Crippen MR) is 139 cm³/mol. The van der Waals surface area contributed by atoms with Crippen LogP contribution in [0, 0.1) is 12.8 Å². The molecule has 1 heterocycles. The number of carbonyl (C=O) groups is 1. The largest absolute Gasteiger partial charge is 0.481 e. The number of carboxylic acid groups (broad SMARTS) is 1. The smallest absolute Gasteiger partial charge is 0.306 e. The lowest BCUT2D eigenvalue weighted by atomic mass is 9.80. The number of nitrogens with zero attached hydrogens (tertiary/aromatic N) is 2. The Morgan fingerprint density at radius 3 is 2.64 bits per heavy atom. The molecule has 1 atom stereocenters. The fourth-order valence-electron chi connectivity index (χ4n) is 5.41. The average Bonchev–Trinajstić information content (AvgIpc) is 3.49. The van der Waals surface area contributed by atoms with Crippen LogP contribution in [0.1, 0.15) is 42.0 Å². The standard InChI is InChI=1S/C29H26ClN3O3/c1-16-12-19(7-9-22(16)24-4-2-3-5-25(24)30)28-32-27(33-36-28)18-6-10-23-17(13-18)8-11-26(23)31-21-14-20(15-21)29(34)35/h2-7,9-10,12-13,20-21,26,31H,8,11,14-15H2,1H3,(H,34,35)/t20-,21-,26?. The van der Waals surface area contributed by atoms with E-state index in [0.29, 0.717) is 24.6 Å². The number of benzene rings is 3. The highest BCUT2D eigenvalue weighted by molar-refractivity contribution is 6.33. The number of carboxylic acids is 1. The van der Waals surface area contributed by atoms with Crippen LogP contribution >= 0.6 is 11.6 Å². The second-order valence-corrected chi connectivity index (χ2v) is 10.2. The molecule has 2 aliphatic rings. The summed E-state index contributed by atoms with van der Waals surface area (Å²) in [5, 5.41) is 17.7. The van der Waals surface area contributed by atoms with Crippen molar-refractivity contribution in [3.63, 3.8) is 0 Å². The molecule has 4 aromatic rings. The number of halogens is 1. The van der Waals surface area contributed by atoms with Crippen LogP contribution in [0.15, 0.2) is 65.2 Å². The van der Waals surface area contributed by atoms with E-state index in [1.165, 1.54) is 11.1 Å². The van der Waals surface area contributed by atoms with E-state index < -0.39 is 5.97 Å². The Morgan fingerprint density at radius 1 is 1.06 bits per heavy atom. The number of aliphatic carboxylic acids is 1. The number of hydrogen-bond donors (Lipinski definition) is 2. The van der Waals surface area contributed by atoms with Gasteiger partial charge in [-0.2, -0.15) is 4.98 Å². The SMILES string of the molecule is Cc1cc(-c2nc(-c3ccc4c(c3)CCC4N[C@H]3C[C@H](C(=O)O)C3)no2)ccc1-c1ccccc1Cl. The van der Waals surface area contributed by atoms with Gasteiger partial charge in [0.1, 0.15) is 0 Å². The molecule has 1 unspecified atom stereocenters. The molecule has 6 nitrogen and oxygen atoms in total. The highest BCUT2D eigenvalue weighted by Crippen LogP contribution is 2.38. The number of aromatic nitrogens is 2. The molecule has 3 aromatic carbocycles. The first-order chi connectivity index (χ1) is 17.5. The molecule has 6 rings (SSSR count). The maximum atomic E-state index is 11.1. The highest BCUT2D eigenvalue weighted by atomic mass is 35.5. The third-order valence-corrected chi connectivity index (χ3v) is 7.80. The fourth-order valence-corrected chi connectivity index (χ4v) is 5.64. The molecule has 0 aliphatic heterocycles. The van der Waals surface area contributed by atoms with Crippen LogP contribution in [0.4, 0.5) is 0 Å². The van der Waals surface area contributed by atoms with Gasteiger partial charge in [0.2, 0.25) is 5.82 Å². The van der Waals surface area contributed by atoms with Crippen molar-refractivity contribution in [2.24, 2.45) is 5.92 Å². The number of aryl methyl sites for hydroxylation is 2. The molecule has 7 heteroatoms. The summed E-state index contributed by atoms with van der Waals surface area (Å²) in [4.78, 5) is 15.8. The van der Waals surface area contributed by atoms with Crippen LogP contribution in [0.5, 0.6) is 0 Å². The molecule has 2 N–H and O–H groups in total. The van der Waals surface area contributed by atoms with Crippen LogP contribution in [0.3, 0.4) is 0 Å².